The summed E-state index contributed by atoms with van der Waals surface area (Å²) >= 11 is 5.06. The molecule has 1 saturated carbocycles. The molecule has 2 unspecified atom stereocenters. The van der Waals surface area contributed by atoms with Gasteiger partial charge in [0, 0.05) is 26.7 Å². The van der Waals surface area contributed by atoms with Crippen LogP contribution in [0.1, 0.15) is 30.6 Å². The average Bonchev–Trinajstić information content (AvgIpc) is 2.72. The Kier molecular flexibility index (Phi) is 6.63. The van der Waals surface area contributed by atoms with Crippen LogP contribution in [-0.2, 0) is 11.3 Å². The number of halogens is 2. The number of carbonyl (C=O) groups excluding carboxylic acids is 1. The van der Waals surface area contributed by atoms with Crippen molar-refractivity contribution in [1.82, 2.24) is 5.32 Å². The number of hydrogen-bond acceptors (Lipinski definition) is 3. The standard InChI is InChI=1S/C12H17BrN2OS.ClH/c13-9-5-11(17-7-9)6-15-12(16)8-2-1-3-10(14)4-8;/h5,7-8,10H,1-4,6,14H2,(H,15,16);1H. The molecule has 18 heavy (non-hydrogen) atoms. The van der Waals surface area contributed by atoms with Crippen LogP contribution in [0, 0.1) is 5.92 Å². The lowest BCUT2D eigenvalue weighted by Crippen LogP contribution is -2.37. The Morgan fingerprint density at radius 2 is 2.33 bits per heavy atom. The molecule has 0 radical (unpaired) electrons. The molecule has 1 aromatic heterocycles. The van der Waals surface area contributed by atoms with Crippen molar-refractivity contribution in [3.05, 3.63) is 20.8 Å². The number of carbonyl (C=O) groups is 1. The summed E-state index contributed by atoms with van der Waals surface area (Å²) in [5, 5.41) is 5.02. The summed E-state index contributed by atoms with van der Waals surface area (Å²) in [5.74, 6) is 0.270. The van der Waals surface area contributed by atoms with Gasteiger partial charge in [0.2, 0.25) is 5.91 Å². The molecule has 102 valence electrons. The first-order valence-corrected chi connectivity index (χ1v) is 7.58. The second kappa shape index (κ2) is 7.48. The normalized spacial score (nSPS) is 23.2. The zero-order valence-corrected chi connectivity index (χ0v) is 13.2. The average molecular weight is 354 g/mol. The molecule has 3 nitrogen and oxygen atoms in total. The Hall–Kier alpha value is -0.100. The molecule has 1 aliphatic rings. The minimum Gasteiger partial charge on any atom is -0.351 e. The third-order valence-electron chi connectivity index (χ3n) is 3.14. The maximum atomic E-state index is 12.0. The summed E-state index contributed by atoms with van der Waals surface area (Å²) in [6.45, 7) is 0.626. The molecule has 3 N–H and O–H groups in total. The largest absolute Gasteiger partial charge is 0.351 e. The maximum Gasteiger partial charge on any atom is 0.223 e. The first-order chi connectivity index (χ1) is 8.15. The second-order valence-electron chi connectivity index (χ2n) is 4.57. The van der Waals surface area contributed by atoms with E-state index in [1.807, 2.05) is 11.4 Å². The van der Waals surface area contributed by atoms with E-state index in [1.54, 1.807) is 11.3 Å². The highest BCUT2D eigenvalue weighted by Gasteiger charge is 2.24. The zero-order chi connectivity index (χ0) is 12.3. The van der Waals surface area contributed by atoms with Gasteiger partial charge in [0.15, 0.2) is 0 Å². The molecule has 0 spiro atoms. The summed E-state index contributed by atoms with van der Waals surface area (Å²) in [6.07, 6.45) is 3.94. The number of amides is 1. The van der Waals surface area contributed by atoms with Gasteiger partial charge in [-0.1, -0.05) is 6.42 Å². The van der Waals surface area contributed by atoms with E-state index in [9.17, 15) is 4.79 Å². The summed E-state index contributed by atoms with van der Waals surface area (Å²) < 4.78 is 1.08. The van der Waals surface area contributed by atoms with E-state index in [4.69, 9.17) is 5.73 Å². The Balaban J connectivity index is 0.00000162. The molecule has 1 aliphatic carbocycles. The van der Waals surface area contributed by atoms with Gasteiger partial charge in [0.05, 0.1) is 6.54 Å². The Morgan fingerprint density at radius 1 is 1.56 bits per heavy atom. The first-order valence-electron chi connectivity index (χ1n) is 5.91. The van der Waals surface area contributed by atoms with Crippen molar-refractivity contribution in [3.8, 4) is 0 Å². The van der Waals surface area contributed by atoms with Crippen LogP contribution in [0.3, 0.4) is 0 Å². The molecule has 1 heterocycles. The summed E-state index contributed by atoms with van der Waals surface area (Å²) in [7, 11) is 0. The van der Waals surface area contributed by atoms with E-state index in [0.29, 0.717) is 6.54 Å². The Morgan fingerprint density at radius 3 is 2.94 bits per heavy atom. The quantitative estimate of drug-likeness (QED) is 0.877. The molecular formula is C12H18BrClN2OS. The van der Waals surface area contributed by atoms with Crippen LogP contribution in [-0.4, -0.2) is 11.9 Å². The van der Waals surface area contributed by atoms with Crippen molar-refractivity contribution in [2.75, 3.05) is 0 Å². The van der Waals surface area contributed by atoms with Gasteiger partial charge in [0.25, 0.3) is 0 Å². The van der Waals surface area contributed by atoms with E-state index in [2.05, 4.69) is 21.2 Å². The lowest BCUT2D eigenvalue weighted by Gasteiger charge is -2.25. The minimum atomic E-state index is 0. The van der Waals surface area contributed by atoms with Crippen LogP contribution in [0.2, 0.25) is 0 Å². The van der Waals surface area contributed by atoms with E-state index in [1.165, 1.54) is 4.88 Å². The highest BCUT2D eigenvalue weighted by molar-refractivity contribution is 9.10. The van der Waals surface area contributed by atoms with Gasteiger partial charge in [-0.15, -0.1) is 23.7 Å². The molecule has 0 saturated heterocycles. The predicted molar refractivity (Wildman–Crippen MR) is 81.0 cm³/mol. The topological polar surface area (TPSA) is 55.1 Å². The SMILES string of the molecule is Cl.NC1CCCC(C(=O)NCc2cc(Br)cs2)C1. The van der Waals surface area contributed by atoms with E-state index in [0.717, 1.165) is 30.2 Å². The van der Waals surface area contributed by atoms with Gasteiger partial charge in [-0.05, 0) is 41.3 Å². The fraction of sp³-hybridized carbons (Fsp3) is 0.583. The van der Waals surface area contributed by atoms with Crippen LogP contribution < -0.4 is 11.1 Å². The Bertz CT molecular complexity index is 399. The molecular weight excluding hydrogens is 336 g/mol. The smallest absolute Gasteiger partial charge is 0.223 e. The maximum absolute atomic E-state index is 12.0. The first kappa shape index (κ1) is 16.0. The van der Waals surface area contributed by atoms with Gasteiger partial charge in [-0.3, -0.25) is 4.79 Å². The minimum absolute atomic E-state index is 0. The van der Waals surface area contributed by atoms with E-state index in [-0.39, 0.29) is 30.3 Å². The number of hydrogen-bond donors (Lipinski definition) is 2. The molecule has 0 aromatic carbocycles. The van der Waals surface area contributed by atoms with Gasteiger partial charge < -0.3 is 11.1 Å². The fourth-order valence-electron chi connectivity index (χ4n) is 2.23. The molecule has 2 rings (SSSR count). The van der Waals surface area contributed by atoms with Gasteiger partial charge in [0.1, 0.15) is 0 Å². The van der Waals surface area contributed by atoms with Crippen molar-refractivity contribution >= 4 is 45.6 Å². The molecule has 1 fully saturated rings. The summed E-state index contributed by atoms with van der Waals surface area (Å²) in [5.41, 5.74) is 5.89. The molecule has 6 heteroatoms. The summed E-state index contributed by atoms with van der Waals surface area (Å²) in [4.78, 5) is 13.1. The molecule has 1 aromatic rings. The van der Waals surface area contributed by atoms with Crippen LogP contribution in [0.4, 0.5) is 0 Å². The third-order valence-corrected chi connectivity index (χ3v) is 4.84. The molecule has 2 atom stereocenters. The molecule has 0 bridgehead atoms. The van der Waals surface area contributed by atoms with Crippen LogP contribution in [0.25, 0.3) is 0 Å². The third kappa shape index (κ3) is 4.53. The van der Waals surface area contributed by atoms with Crippen molar-refractivity contribution in [2.24, 2.45) is 11.7 Å². The second-order valence-corrected chi connectivity index (χ2v) is 6.48. The van der Waals surface area contributed by atoms with Crippen molar-refractivity contribution in [3.63, 3.8) is 0 Å². The molecule has 0 aliphatic heterocycles. The summed E-state index contributed by atoms with van der Waals surface area (Å²) in [6, 6.07) is 2.24. The van der Waals surface area contributed by atoms with Gasteiger partial charge in [-0.25, -0.2) is 0 Å². The highest BCUT2D eigenvalue weighted by atomic mass is 79.9. The van der Waals surface area contributed by atoms with Crippen LogP contribution in [0.15, 0.2) is 15.9 Å². The van der Waals surface area contributed by atoms with Crippen molar-refractivity contribution in [2.45, 2.75) is 38.3 Å². The monoisotopic (exact) mass is 352 g/mol. The van der Waals surface area contributed by atoms with Gasteiger partial charge >= 0.3 is 0 Å². The van der Waals surface area contributed by atoms with Gasteiger partial charge in [-0.2, -0.15) is 0 Å². The number of rotatable bonds is 3. The van der Waals surface area contributed by atoms with E-state index >= 15 is 0 Å². The lowest BCUT2D eigenvalue weighted by atomic mass is 9.85. The van der Waals surface area contributed by atoms with Crippen molar-refractivity contribution in [1.29, 1.82) is 0 Å². The van der Waals surface area contributed by atoms with Crippen molar-refractivity contribution < 1.29 is 4.79 Å². The molecule has 1 amide bonds. The lowest BCUT2D eigenvalue weighted by molar-refractivity contribution is -0.126. The number of nitrogens with one attached hydrogen (secondary N) is 1. The van der Waals surface area contributed by atoms with E-state index < -0.39 is 0 Å². The van der Waals surface area contributed by atoms with Crippen LogP contribution >= 0.6 is 39.7 Å². The predicted octanol–water partition coefficient (Wildman–Crippen LogP) is 3.07. The highest BCUT2D eigenvalue weighted by Crippen LogP contribution is 2.24. The zero-order valence-electron chi connectivity index (χ0n) is 10.0. The number of thiophene rings is 1. The fourth-order valence-corrected chi connectivity index (χ4v) is 3.62. The van der Waals surface area contributed by atoms with Crippen LogP contribution in [0.5, 0.6) is 0 Å². The number of nitrogens with two attached hydrogens (primary N) is 1. The Labute approximate surface area is 126 Å².